The Kier molecular flexibility index (Phi) is 4.05. The molecule has 1 aliphatic rings. The summed E-state index contributed by atoms with van der Waals surface area (Å²) in [5, 5.41) is 8.15. The van der Waals surface area contributed by atoms with E-state index in [9.17, 15) is 4.79 Å². The van der Waals surface area contributed by atoms with Crippen LogP contribution in [0.3, 0.4) is 0 Å². The van der Waals surface area contributed by atoms with E-state index in [4.69, 9.17) is 0 Å². The Hall–Kier alpha value is -1.03. The monoisotopic (exact) mass is 252 g/mol. The van der Waals surface area contributed by atoms with Crippen LogP contribution >= 0.6 is 11.3 Å². The molecule has 1 atom stereocenters. The summed E-state index contributed by atoms with van der Waals surface area (Å²) in [5.74, 6) is 0.404. The van der Waals surface area contributed by atoms with Gasteiger partial charge in [0.05, 0.1) is 6.04 Å². The average molecular weight is 252 g/mol. The lowest BCUT2D eigenvalue weighted by molar-refractivity contribution is 0.221. The number of amides is 2. The van der Waals surface area contributed by atoms with Crippen molar-refractivity contribution in [3.05, 3.63) is 22.4 Å². The molecule has 4 heteroatoms. The minimum absolute atomic E-state index is 0.0261. The second kappa shape index (κ2) is 5.54. The van der Waals surface area contributed by atoms with Crippen LogP contribution in [0.25, 0.3) is 0 Å². The maximum Gasteiger partial charge on any atom is 0.315 e. The zero-order chi connectivity index (χ0) is 12.3. The molecule has 1 unspecified atom stereocenters. The summed E-state index contributed by atoms with van der Waals surface area (Å²) in [7, 11) is 0. The van der Waals surface area contributed by atoms with Crippen molar-refractivity contribution >= 4 is 17.4 Å². The standard InChI is InChI=1S/C13H20N2OS/c1-9(2)12(11-7-4-8-17-11)15-13(16)14-10-5-3-6-10/h4,7-10,12H,3,5-6H2,1-2H3,(H2,14,15,16). The number of nitrogens with one attached hydrogen (secondary N) is 2. The summed E-state index contributed by atoms with van der Waals surface area (Å²) in [6.07, 6.45) is 3.49. The van der Waals surface area contributed by atoms with Gasteiger partial charge in [-0.05, 0) is 36.6 Å². The van der Waals surface area contributed by atoms with E-state index < -0.39 is 0 Å². The van der Waals surface area contributed by atoms with Crippen LogP contribution < -0.4 is 10.6 Å². The Bertz CT molecular complexity index is 358. The first-order chi connectivity index (χ1) is 8.16. The highest BCUT2D eigenvalue weighted by Crippen LogP contribution is 2.26. The molecule has 3 nitrogen and oxygen atoms in total. The highest BCUT2D eigenvalue weighted by atomic mass is 32.1. The van der Waals surface area contributed by atoms with Gasteiger partial charge < -0.3 is 10.6 Å². The molecule has 0 radical (unpaired) electrons. The van der Waals surface area contributed by atoms with Gasteiger partial charge in [-0.3, -0.25) is 0 Å². The Morgan fingerprint density at radius 3 is 2.71 bits per heavy atom. The minimum atomic E-state index is -0.0261. The normalized spacial score (nSPS) is 17.6. The van der Waals surface area contributed by atoms with E-state index >= 15 is 0 Å². The quantitative estimate of drug-likeness (QED) is 0.848. The van der Waals surface area contributed by atoms with Crippen LogP contribution in [-0.4, -0.2) is 12.1 Å². The molecule has 2 N–H and O–H groups in total. The van der Waals surface area contributed by atoms with Crippen molar-refractivity contribution in [2.75, 3.05) is 0 Å². The predicted molar refractivity (Wildman–Crippen MR) is 71.2 cm³/mol. The summed E-state index contributed by atoms with van der Waals surface area (Å²) in [6, 6.07) is 4.60. The first-order valence-corrected chi connectivity index (χ1v) is 7.15. The van der Waals surface area contributed by atoms with Crippen LogP contribution in [0.5, 0.6) is 0 Å². The van der Waals surface area contributed by atoms with Gasteiger partial charge in [0, 0.05) is 10.9 Å². The molecule has 2 rings (SSSR count). The topological polar surface area (TPSA) is 41.1 Å². The predicted octanol–water partition coefficient (Wildman–Crippen LogP) is 3.30. The highest BCUT2D eigenvalue weighted by Gasteiger charge is 2.23. The Morgan fingerprint density at radius 1 is 1.47 bits per heavy atom. The van der Waals surface area contributed by atoms with Crippen molar-refractivity contribution in [1.82, 2.24) is 10.6 Å². The maximum absolute atomic E-state index is 11.8. The van der Waals surface area contributed by atoms with Gasteiger partial charge in [0.1, 0.15) is 0 Å². The molecule has 0 aromatic carbocycles. The van der Waals surface area contributed by atoms with Gasteiger partial charge in [-0.15, -0.1) is 11.3 Å². The summed E-state index contributed by atoms with van der Waals surface area (Å²) in [4.78, 5) is 13.1. The third-order valence-electron chi connectivity index (χ3n) is 3.24. The lowest BCUT2D eigenvalue weighted by Crippen LogP contribution is -2.46. The van der Waals surface area contributed by atoms with E-state index in [2.05, 4.69) is 35.9 Å². The SMILES string of the molecule is CC(C)C(NC(=O)NC1CCC1)c1cccs1. The second-order valence-corrected chi connectivity index (χ2v) is 5.96. The molecular formula is C13H20N2OS. The van der Waals surface area contributed by atoms with Crippen molar-refractivity contribution in [2.24, 2.45) is 5.92 Å². The Labute approximate surface area is 107 Å². The van der Waals surface area contributed by atoms with E-state index in [1.54, 1.807) is 11.3 Å². The van der Waals surface area contributed by atoms with Crippen LogP contribution in [0.4, 0.5) is 4.79 Å². The van der Waals surface area contributed by atoms with E-state index in [-0.39, 0.29) is 12.1 Å². The van der Waals surface area contributed by atoms with E-state index in [1.165, 1.54) is 11.3 Å². The molecular weight excluding hydrogens is 232 g/mol. The molecule has 1 aromatic rings. The van der Waals surface area contributed by atoms with Gasteiger partial charge in [-0.25, -0.2) is 4.79 Å². The second-order valence-electron chi connectivity index (χ2n) is 4.98. The summed E-state index contributed by atoms with van der Waals surface area (Å²) in [5.41, 5.74) is 0. The molecule has 1 fully saturated rings. The minimum Gasteiger partial charge on any atom is -0.335 e. The summed E-state index contributed by atoms with van der Waals surface area (Å²) in [6.45, 7) is 4.27. The molecule has 1 saturated carbocycles. The molecule has 17 heavy (non-hydrogen) atoms. The van der Waals surface area contributed by atoms with E-state index in [0.29, 0.717) is 12.0 Å². The lowest BCUT2D eigenvalue weighted by Gasteiger charge is -2.28. The van der Waals surface area contributed by atoms with Gasteiger partial charge in [0.25, 0.3) is 0 Å². The number of carbonyl (C=O) groups excluding carboxylic acids is 1. The van der Waals surface area contributed by atoms with Gasteiger partial charge in [-0.1, -0.05) is 19.9 Å². The zero-order valence-corrected chi connectivity index (χ0v) is 11.2. The van der Waals surface area contributed by atoms with Gasteiger partial charge in [0.15, 0.2) is 0 Å². The van der Waals surface area contributed by atoms with Crippen molar-refractivity contribution in [3.63, 3.8) is 0 Å². The third-order valence-corrected chi connectivity index (χ3v) is 4.20. The Balaban J connectivity index is 1.91. The molecule has 0 bridgehead atoms. The smallest absolute Gasteiger partial charge is 0.315 e. The van der Waals surface area contributed by atoms with E-state index in [1.807, 2.05) is 6.07 Å². The van der Waals surface area contributed by atoms with Gasteiger partial charge >= 0.3 is 6.03 Å². The van der Waals surface area contributed by atoms with E-state index in [0.717, 1.165) is 12.8 Å². The van der Waals surface area contributed by atoms with Crippen molar-refractivity contribution < 1.29 is 4.79 Å². The van der Waals surface area contributed by atoms with Crippen LogP contribution in [0.1, 0.15) is 44.0 Å². The van der Waals surface area contributed by atoms with Crippen molar-refractivity contribution in [2.45, 2.75) is 45.2 Å². The fourth-order valence-corrected chi connectivity index (χ4v) is 2.90. The van der Waals surface area contributed by atoms with Crippen LogP contribution in [0, 0.1) is 5.92 Å². The van der Waals surface area contributed by atoms with Crippen LogP contribution in [0.2, 0.25) is 0 Å². The molecule has 0 aliphatic heterocycles. The number of rotatable bonds is 4. The molecule has 94 valence electrons. The van der Waals surface area contributed by atoms with Gasteiger partial charge in [0.2, 0.25) is 0 Å². The van der Waals surface area contributed by atoms with Crippen LogP contribution in [0.15, 0.2) is 17.5 Å². The van der Waals surface area contributed by atoms with Gasteiger partial charge in [-0.2, -0.15) is 0 Å². The molecule has 0 saturated heterocycles. The third kappa shape index (κ3) is 3.22. The summed E-state index contributed by atoms with van der Waals surface area (Å²) >= 11 is 1.70. The first kappa shape index (κ1) is 12.4. The number of carbonyl (C=O) groups is 1. The van der Waals surface area contributed by atoms with Crippen LogP contribution in [-0.2, 0) is 0 Å². The fraction of sp³-hybridized carbons (Fsp3) is 0.615. The molecule has 1 aliphatic carbocycles. The van der Waals surface area contributed by atoms with Crippen molar-refractivity contribution in [1.29, 1.82) is 0 Å². The summed E-state index contributed by atoms with van der Waals surface area (Å²) < 4.78 is 0. The molecule has 0 spiro atoms. The van der Waals surface area contributed by atoms with Crippen molar-refractivity contribution in [3.8, 4) is 0 Å². The fourth-order valence-electron chi connectivity index (χ4n) is 1.96. The number of hydrogen-bond acceptors (Lipinski definition) is 2. The Morgan fingerprint density at radius 2 is 2.24 bits per heavy atom. The molecule has 1 aromatic heterocycles. The largest absolute Gasteiger partial charge is 0.335 e. The molecule has 2 amide bonds. The number of urea groups is 1. The lowest BCUT2D eigenvalue weighted by atomic mass is 9.93. The highest BCUT2D eigenvalue weighted by molar-refractivity contribution is 7.10. The zero-order valence-electron chi connectivity index (χ0n) is 10.4. The maximum atomic E-state index is 11.8. The first-order valence-electron chi connectivity index (χ1n) is 6.27. The average Bonchev–Trinajstić information content (AvgIpc) is 2.72. The molecule has 1 heterocycles. The number of hydrogen-bond donors (Lipinski definition) is 2. The number of thiophene rings is 1.